The van der Waals surface area contributed by atoms with Crippen molar-refractivity contribution in [3.8, 4) is 11.3 Å². The fourth-order valence-corrected chi connectivity index (χ4v) is 3.21. The highest BCUT2D eigenvalue weighted by Gasteiger charge is 2.10. The summed E-state index contributed by atoms with van der Waals surface area (Å²) in [6.07, 6.45) is 0. The number of hydrogen-bond donors (Lipinski definition) is 0. The second kappa shape index (κ2) is 4.06. The molecule has 0 atom stereocenters. The maximum Gasteiger partial charge on any atom is 0.0979 e. The maximum absolute atomic E-state index is 4.55. The number of aromatic nitrogens is 1. The molecule has 0 unspecified atom stereocenters. The molecule has 0 aliphatic carbocycles. The molecule has 0 saturated heterocycles. The van der Waals surface area contributed by atoms with Crippen LogP contribution in [0.1, 0.15) is 16.1 Å². The summed E-state index contributed by atoms with van der Waals surface area (Å²) in [6, 6.07) is 6.46. The zero-order chi connectivity index (χ0) is 11.0. The Bertz CT molecular complexity index is 502. The molecule has 3 heteroatoms. The van der Waals surface area contributed by atoms with E-state index in [0.29, 0.717) is 0 Å². The molecule has 1 nitrogen and oxygen atoms in total. The summed E-state index contributed by atoms with van der Waals surface area (Å²) in [7, 11) is 0. The maximum atomic E-state index is 4.55. The van der Waals surface area contributed by atoms with Crippen molar-refractivity contribution in [1.82, 2.24) is 4.98 Å². The van der Waals surface area contributed by atoms with E-state index in [1.54, 1.807) is 11.3 Å². The first-order valence-electron chi connectivity index (χ1n) is 4.78. The summed E-state index contributed by atoms with van der Waals surface area (Å²) in [5.41, 5.74) is 4.84. The van der Waals surface area contributed by atoms with Crippen molar-refractivity contribution >= 4 is 27.3 Å². The average Bonchev–Trinajstić information content (AvgIpc) is 2.50. The highest BCUT2D eigenvalue weighted by atomic mass is 79.9. The average molecular weight is 282 g/mol. The predicted octanol–water partition coefficient (Wildman–Crippen LogP) is 4.50. The molecule has 0 aliphatic rings. The normalized spacial score (nSPS) is 10.7. The van der Waals surface area contributed by atoms with Gasteiger partial charge in [0.2, 0.25) is 0 Å². The van der Waals surface area contributed by atoms with Crippen LogP contribution >= 0.6 is 27.3 Å². The van der Waals surface area contributed by atoms with Crippen molar-refractivity contribution in [2.24, 2.45) is 0 Å². The summed E-state index contributed by atoms with van der Waals surface area (Å²) in [6.45, 7) is 6.26. The van der Waals surface area contributed by atoms with E-state index in [9.17, 15) is 0 Å². The summed E-state index contributed by atoms with van der Waals surface area (Å²) in [5, 5.41) is 1.10. The Morgan fingerprint density at radius 2 is 1.93 bits per heavy atom. The van der Waals surface area contributed by atoms with E-state index in [1.807, 2.05) is 6.92 Å². The minimum atomic E-state index is 1.07. The van der Waals surface area contributed by atoms with E-state index in [1.165, 1.54) is 16.7 Å². The number of benzene rings is 1. The molecule has 0 amide bonds. The fraction of sp³-hybridized carbons (Fsp3) is 0.250. The van der Waals surface area contributed by atoms with E-state index in [2.05, 4.69) is 53.0 Å². The Kier molecular flexibility index (Phi) is 2.94. The molecule has 0 fully saturated rings. The summed E-state index contributed by atoms with van der Waals surface area (Å²) in [4.78, 5) is 4.55. The standard InChI is InChI=1S/C12H12BrNS/c1-7-4-5-8(2)10(6-7)11-12(13)15-9(3)14-11/h4-6H,1-3H3. The molecule has 78 valence electrons. The highest BCUT2D eigenvalue weighted by molar-refractivity contribution is 9.11. The van der Waals surface area contributed by atoms with Crippen molar-refractivity contribution in [3.05, 3.63) is 38.1 Å². The number of thiazole rings is 1. The molecule has 0 saturated carbocycles. The van der Waals surface area contributed by atoms with Crippen LogP contribution in [-0.2, 0) is 0 Å². The summed E-state index contributed by atoms with van der Waals surface area (Å²) >= 11 is 5.25. The minimum absolute atomic E-state index is 1.07. The first-order chi connectivity index (χ1) is 7.08. The first kappa shape index (κ1) is 10.8. The van der Waals surface area contributed by atoms with Crippen molar-refractivity contribution in [2.45, 2.75) is 20.8 Å². The molecule has 15 heavy (non-hydrogen) atoms. The number of halogens is 1. The lowest BCUT2D eigenvalue weighted by Gasteiger charge is -2.04. The van der Waals surface area contributed by atoms with E-state index in [-0.39, 0.29) is 0 Å². The Balaban J connectivity index is 2.62. The molecule has 0 bridgehead atoms. The third-order valence-corrected chi connectivity index (χ3v) is 3.96. The van der Waals surface area contributed by atoms with Crippen LogP contribution < -0.4 is 0 Å². The molecule has 2 aromatic rings. The van der Waals surface area contributed by atoms with Gasteiger partial charge in [-0.1, -0.05) is 17.7 Å². The first-order valence-corrected chi connectivity index (χ1v) is 6.39. The molecule has 1 aromatic heterocycles. The second-order valence-corrected chi connectivity index (χ2v) is 6.19. The Morgan fingerprint density at radius 3 is 2.53 bits per heavy atom. The molecular formula is C12H12BrNS. The quantitative estimate of drug-likeness (QED) is 0.750. The Hall–Kier alpha value is -0.670. The predicted molar refractivity (Wildman–Crippen MR) is 69.5 cm³/mol. The highest BCUT2D eigenvalue weighted by Crippen LogP contribution is 2.34. The summed E-state index contributed by atoms with van der Waals surface area (Å²) < 4.78 is 1.12. The zero-order valence-corrected chi connectivity index (χ0v) is 11.4. The van der Waals surface area contributed by atoms with Gasteiger partial charge in [0.15, 0.2) is 0 Å². The Labute approximate surface area is 102 Å². The van der Waals surface area contributed by atoms with Crippen LogP contribution in [0.5, 0.6) is 0 Å². The topological polar surface area (TPSA) is 12.9 Å². The van der Waals surface area contributed by atoms with Gasteiger partial charge in [0.1, 0.15) is 0 Å². The van der Waals surface area contributed by atoms with E-state index < -0.39 is 0 Å². The van der Waals surface area contributed by atoms with Gasteiger partial charge >= 0.3 is 0 Å². The number of aryl methyl sites for hydroxylation is 3. The molecular weight excluding hydrogens is 270 g/mol. The van der Waals surface area contributed by atoms with Crippen molar-refractivity contribution in [1.29, 1.82) is 0 Å². The van der Waals surface area contributed by atoms with Crippen LogP contribution in [0.2, 0.25) is 0 Å². The molecule has 2 rings (SSSR count). The van der Waals surface area contributed by atoms with E-state index in [4.69, 9.17) is 0 Å². The van der Waals surface area contributed by atoms with Crippen molar-refractivity contribution in [2.75, 3.05) is 0 Å². The molecule has 0 N–H and O–H groups in total. The van der Waals surface area contributed by atoms with Crippen molar-refractivity contribution < 1.29 is 0 Å². The van der Waals surface area contributed by atoms with Gasteiger partial charge in [0.25, 0.3) is 0 Å². The second-order valence-electron chi connectivity index (χ2n) is 3.67. The van der Waals surface area contributed by atoms with Gasteiger partial charge in [-0.05, 0) is 48.3 Å². The van der Waals surface area contributed by atoms with Gasteiger partial charge < -0.3 is 0 Å². The largest absolute Gasteiger partial charge is 0.240 e. The van der Waals surface area contributed by atoms with Gasteiger partial charge in [-0.15, -0.1) is 11.3 Å². The van der Waals surface area contributed by atoms with Crippen LogP contribution in [0, 0.1) is 20.8 Å². The summed E-state index contributed by atoms with van der Waals surface area (Å²) in [5.74, 6) is 0. The van der Waals surface area contributed by atoms with Gasteiger partial charge in [-0.2, -0.15) is 0 Å². The zero-order valence-electron chi connectivity index (χ0n) is 8.97. The lowest BCUT2D eigenvalue weighted by molar-refractivity contribution is 1.27. The minimum Gasteiger partial charge on any atom is -0.240 e. The Morgan fingerprint density at radius 1 is 1.20 bits per heavy atom. The third-order valence-electron chi connectivity index (χ3n) is 2.34. The van der Waals surface area contributed by atoms with Crippen molar-refractivity contribution in [3.63, 3.8) is 0 Å². The van der Waals surface area contributed by atoms with E-state index >= 15 is 0 Å². The smallest absolute Gasteiger partial charge is 0.0979 e. The van der Waals surface area contributed by atoms with Gasteiger partial charge in [-0.3, -0.25) is 0 Å². The van der Waals surface area contributed by atoms with Gasteiger partial charge in [0, 0.05) is 5.56 Å². The molecule has 0 aliphatic heterocycles. The fourth-order valence-electron chi connectivity index (χ4n) is 1.56. The lowest BCUT2D eigenvalue weighted by atomic mass is 10.0. The molecule has 1 aromatic carbocycles. The molecule has 0 spiro atoms. The molecule has 0 radical (unpaired) electrons. The monoisotopic (exact) mass is 281 g/mol. The molecule has 1 heterocycles. The van der Waals surface area contributed by atoms with Crippen LogP contribution in [0.3, 0.4) is 0 Å². The van der Waals surface area contributed by atoms with Crippen LogP contribution in [0.25, 0.3) is 11.3 Å². The number of nitrogens with zero attached hydrogens (tertiary/aromatic N) is 1. The number of rotatable bonds is 1. The van der Waals surface area contributed by atoms with Gasteiger partial charge in [-0.25, -0.2) is 4.98 Å². The van der Waals surface area contributed by atoms with E-state index in [0.717, 1.165) is 14.5 Å². The lowest BCUT2D eigenvalue weighted by Crippen LogP contribution is -1.85. The SMILES string of the molecule is Cc1ccc(C)c(-c2nc(C)sc2Br)c1. The number of hydrogen-bond acceptors (Lipinski definition) is 2. The van der Waals surface area contributed by atoms with Crippen LogP contribution in [0.4, 0.5) is 0 Å². The van der Waals surface area contributed by atoms with Crippen LogP contribution in [-0.4, -0.2) is 4.98 Å². The van der Waals surface area contributed by atoms with Gasteiger partial charge in [0.05, 0.1) is 14.5 Å². The third kappa shape index (κ3) is 2.13. The van der Waals surface area contributed by atoms with Crippen LogP contribution in [0.15, 0.2) is 22.0 Å².